The van der Waals surface area contributed by atoms with Gasteiger partial charge in [-0.15, -0.1) is 0 Å². The first kappa shape index (κ1) is 17.4. The van der Waals surface area contributed by atoms with Crippen molar-refractivity contribution in [3.8, 4) is 0 Å². The molecule has 0 unspecified atom stereocenters. The number of carbonyl (C=O) groups is 1. The standard InChI is InChI=1S/C17H24N2O4/c1-2-23-17(20)16(13-19(21)22)15-9-6-10-18(12-15)11-14-7-4-3-5-8-14/h3-5,7-8,15-16H,2,6,9-13H2,1H3/t15-,16-/m0/s1. The van der Waals surface area contributed by atoms with Gasteiger partial charge in [0, 0.05) is 18.0 Å². The third kappa shape index (κ3) is 5.32. The van der Waals surface area contributed by atoms with Crippen molar-refractivity contribution in [3.63, 3.8) is 0 Å². The van der Waals surface area contributed by atoms with Crippen LogP contribution >= 0.6 is 0 Å². The summed E-state index contributed by atoms with van der Waals surface area (Å²) in [6, 6.07) is 10.1. The van der Waals surface area contributed by atoms with Crippen LogP contribution in [-0.2, 0) is 16.1 Å². The molecule has 0 spiro atoms. The molecule has 0 amide bonds. The second kappa shape index (κ2) is 8.62. The van der Waals surface area contributed by atoms with Crippen molar-refractivity contribution in [1.82, 2.24) is 4.90 Å². The van der Waals surface area contributed by atoms with E-state index >= 15 is 0 Å². The van der Waals surface area contributed by atoms with Gasteiger partial charge in [0.15, 0.2) is 0 Å². The highest BCUT2D eigenvalue weighted by Gasteiger charge is 2.36. The highest BCUT2D eigenvalue weighted by Crippen LogP contribution is 2.26. The molecule has 1 fully saturated rings. The maximum Gasteiger partial charge on any atom is 0.315 e. The van der Waals surface area contributed by atoms with Crippen molar-refractivity contribution < 1.29 is 14.5 Å². The SMILES string of the molecule is CCOC(=O)[C@@H](C[N+](=O)[O-])[C@H]1CCCN(Cc2ccccc2)C1. The minimum Gasteiger partial charge on any atom is -0.466 e. The quantitative estimate of drug-likeness (QED) is 0.438. The number of hydrogen-bond donors (Lipinski definition) is 0. The number of carbonyl (C=O) groups excluding carboxylic acids is 1. The zero-order chi connectivity index (χ0) is 16.7. The van der Waals surface area contributed by atoms with Gasteiger partial charge in [0.25, 0.3) is 0 Å². The normalized spacial score (nSPS) is 20.0. The molecule has 23 heavy (non-hydrogen) atoms. The Labute approximate surface area is 136 Å². The van der Waals surface area contributed by atoms with Gasteiger partial charge in [-0.05, 0) is 37.8 Å². The lowest BCUT2D eigenvalue weighted by Crippen LogP contribution is -2.42. The molecule has 1 heterocycles. The van der Waals surface area contributed by atoms with Crippen molar-refractivity contribution >= 4 is 5.97 Å². The predicted octanol–water partition coefficient (Wildman–Crippen LogP) is 2.35. The van der Waals surface area contributed by atoms with Gasteiger partial charge in [-0.1, -0.05) is 30.3 Å². The maximum absolute atomic E-state index is 12.1. The lowest BCUT2D eigenvalue weighted by molar-refractivity contribution is -0.488. The molecule has 0 bridgehead atoms. The Balaban J connectivity index is 2.01. The van der Waals surface area contributed by atoms with Gasteiger partial charge in [0.1, 0.15) is 5.92 Å². The molecule has 2 rings (SSSR count). The van der Waals surface area contributed by atoms with Crippen molar-refractivity contribution in [2.24, 2.45) is 11.8 Å². The summed E-state index contributed by atoms with van der Waals surface area (Å²) in [5.41, 5.74) is 1.22. The van der Waals surface area contributed by atoms with Crippen LogP contribution < -0.4 is 0 Å². The summed E-state index contributed by atoms with van der Waals surface area (Å²) in [5.74, 6) is -1.10. The lowest BCUT2D eigenvalue weighted by Gasteiger charge is -2.35. The van der Waals surface area contributed by atoms with Crippen molar-refractivity contribution in [2.45, 2.75) is 26.3 Å². The van der Waals surface area contributed by atoms with Crippen LogP contribution in [-0.4, -0.2) is 42.0 Å². The number of nitro groups is 1. The van der Waals surface area contributed by atoms with Gasteiger partial charge >= 0.3 is 5.97 Å². The van der Waals surface area contributed by atoms with Gasteiger partial charge in [0.2, 0.25) is 6.54 Å². The first-order valence-corrected chi connectivity index (χ1v) is 8.15. The first-order chi connectivity index (χ1) is 11.1. The molecule has 0 radical (unpaired) electrons. The van der Waals surface area contributed by atoms with Crippen LogP contribution in [0.25, 0.3) is 0 Å². The Morgan fingerprint density at radius 3 is 2.83 bits per heavy atom. The number of rotatable bonds is 7. The Morgan fingerprint density at radius 1 is 1.43 bits per heavy atom. The van der Waals surface area contributed by atoms with E-state index in [1.54, 1.807) is 6.92 Å². The highest BCUT2D eigenvalue weighted by atomic mass is 16.6. The summed E-state index contributed by atoms with van der Waals surface area (Å²) in [7, 11) is 0. The second-order valence-electron chi connectivity index (χ2n) is 6.00. The molecule has 1 aromatic carbocycles. The molecule has 0 saturated carbocycles. The Kier molecular flexibility index (Phi) is 6.52. The van der Waals surface area contributed by atoms with E-state index in [2.05, 4.69) is 17.0 Å². The molecule has 1 aromatic rings. The van der Waals surface area contributed by atoms with Gasteiger partial charge in [-0.3, -0.25) is 19.8 Å². The van der Waals surface area contributed by atoms with Crippen LogP contribution in [0.3, 0.4) is 0 Å². The fourth-order valence-electron chi connectivity index (χ4n) is 3.23. The van der Waals surface area contributed by atoms with Crippen LogP contribution in [0.15, 0.2) is 30.3 Å². The number of piperidine rings is 1. The number of benzene rings is 1. The van der Waals surface area contributed by atoms with E-state index in [0.29, 0.717) is 6.54 Å². The van der Waals surface area contributed by atoms with Gasteiger partial charge in [-0.25, -0.2) is 0 Å². The van der Waals surface area contributed by atoms with Gasteiger partial charge in [0.05, 0.1) is 6.61 Å². The van der Waals surface area contributed by atoms with Crippen molar-refractivity contribution in [2.75, 3.05) is 26.2 Å². The molecule has 0 aliphatic carbocycles. The Morgan fingerprint density at radius 2 is 2.17 bits per heavy atom. The fourth-order valence-corrected chi connectivity index (χ4v) is 3.23. The summed E-state index contributed by atoms with van der Waals surface area (Å²) in [5, 5.41) is 10.9. The molecular formula is C17H24N2O4. The van der Waals surface area contributed by atoms with Crippen LogP contribution in [0.2, 0.25) is 0 Å². The topological polar surface area (TPSA) is 72.7 Å². The zero-order valence-electron chi connectivity index (χ0n) is 13.5. The van der Waals surface area contributed by atoms with Crippen LogP contribution in [0.1, 0.15) is 25.3 Å². The summed E-state index contributed by atoms with van der Waals surface area (Å²) in [4.78, 5) is 24.9. The minimum absolute atomic E-state index is 0.0167. The average Bonchev–Trinajstić information content (AvgIpc) is 2.54. The molecular weight excluding hydrogens is 296 g/mol. The smallest absolute Gasteiger partial charge is 0.315 e. The van der Waals surface area contributed by atoms with E-state index in [4.69, 9.17) is 4.74 Å². The zero-order valence-corrected chi connectivity index (χ0v) is 13.5. The Hall–Kier alpha value is -1.95. The van der Waals surface area contributed by atoms with Gasteiger partial charge < -0.3 is 4.74 Å². The molecule has 126 valence electrons. The van der Waals surface area contributed by atoms with E-state index < -0.39 is 16.8 Å². The number of ether oxygens (including phenoxy) is 1. The largest absolute Gasteiger partial charge is 0.466 e. The second-order valence-corrected chi connectivity index (χ2v) is 6.00. The maximum atomic E-state index is 12.1. The minimum atomic E-state index is -0.650. The molecule has 1 saturated heterocycles. The molecule has 0 N–H and O–H groups in total. The van der Waals surface area contributed by atoms with Crippen LogP contribution in [0.5, 0.6) is 0 Å². The number of likely N-dealkylation sites (tertiary alicyclic amines) is 1. The highest BCUT2D eigenvalue weighted by molar-refractivity contribution is 5.73. The molecule has 2 atom stereocenters. The third-order valence-electron chi connectivity index (χ3n) is 4.30. The molecule has 6 nitrogen and oxygen atoms in total. The Bertz CT molecular complexity index is 521. The van der Waals surface area contributed by atoms with E-state index in [9.17, 15) is 14.9 Å². The first-order valence-electron chi connectivity index (χ1n) is 8.15. The van der Waals surface area contributed by atoms with Crippen LogP contribution in [0, 0.1) is 22.0 Å². The van der Waals surface area contributed by atoms with E-state index in [1.165, 1.54) is 5.56 Å². The molecule has 0 aromatic heterocycles. The third-order valence-corrected chi connectivity index (χ3v) is 4.30. The molecule has 1 aliphatic heterocycles. The van der Waals surface area contributed by atoms with E-state index in [0.717, 1.165) is 25.9 Å². The van der Waals surface area contributed by atoms with E-state index in [1.807, 2.05) is 18.2 Å². The number of esters is 1. The average molecular weight is 320 g/mol. The van der Waals surface area contributed by atoms with Crippen LogP contribution in [0.4, 0.5) is 0 Å². The molecule has 6 heteroatoms. The van der Waals surface area contributed by atoms with Gasteiger partial charge in [-0.2, -0.15) is 0 Å². The fraction of sp³-hybridized carbons (Fsp3) is 0.588. The number of hydrogen-bond acceptors (Lipinski definition) is 5. The van der Waals surface area contributed by atoms with Crippen molar-refractivity contribution in [3.05, 3.63) is 46.0 Å². The molecule has 1 aliphatic rings. The summed E-state index contributed by atoms with van der Waals surface area (Å²) < 4.78 is 5.05. The monoisotopic (exact) mass is 320 g/mol. The van der Waals surface area contributed by atoms with E-state index in [-0.39, 0.29) is 19.1 Å². The lowest BCUT2D eigenvalue weighted by atomic mass is 9.85. The summed E-state index contributed by atoms with van der Waals surface area (Å²) >= 11 is 0. The van der Waals surface area contributed by atoms with Crippen molar-refractivity contribution in [1.29, 1.82) is 0 Å². The predicted molar refractivity (Wildman–Crippen MR) is 86.4 cm³/mol. The summed E-state index contributed by atoms with van der Waals surface area (Å²) in [6.07, 6.45) is 1.79. The summed E-state index contributed by atoms with van der Waals surface area (Å²) in [6.45, 7) is 4.11. The number of nitrogens with zero attached hydrogens (tertiary/aromatic N) is 2.